The lowest BCUT2D eigenvalue weighted by Crippen LogP contribution is -2.26. The minimum absolute atomic E-state index is 0.105. The molecule has 0 saturated heterocycles. The number of aromatic nitrogens is 1. The Morgan fingerprint density at radius 1 is 1.27 bits per heavy atom. The van der Waals surface area contributed by atoms with Crippen LogP contribution >= 0.6 is 27.3 Å². The van der Waals surface area contributed by atoms with Crippen molar-refractivity contribution < 1.29 is 13.9 Å². The minimum Gasteiger partial charge on any atom is -0.489 e. The number of anilines is 1. The van der Waals surface area contributed by atoms with Gasteiger partial charge < -0.3 is 10.1 Å². The molecule has 0 aliphatic heterocycles. The lowest BCUT2D eigenvalue weighted by atomic mass is 10.1. The third-order valence-electron chi connectivity index (χ3n) is 3.74. The molecule has 26 heavy (non-hydrogen) atoms. The van der Waals surface area contributed by atoms with Gasteiger partial charge in [0.25, 0.3) is 0 Å². The number of carbonyl (C=O) groups is 1. The first kappa shape index (κ1) is 18.8. The summed E-state index contributed by atoms with van der Waals surface area (Å²) in [6, 6.07) is 11.8. The quantitative estimate of drug-likeness (QED) is 0.528. The van der Waals surface area contributed by atoms with Gasteiger partial charge in [0.05, 0.1) is 15.0 Å². The van der Waals surface area contributed by atoms with Crippen LogP contribution in [0.5, 0.6) is 5.75 Å². The van der Waals surface area contributed by atoms with Gasteiger partial charge in [0.15, 0.2) is 5.13 Å². The average molecular weight is 437 g/mol. The summed E-state index contributed by atoms with van der Waals surface area (Å²) >= 11 is 4.79. The van der Waals surface area contributed by atoms with Crippen LogP contribution in [0.2, 0.25) is 0 Å². The standard InChI is InChI=1S/C19H18BrFN2O2S/c1-11(2)17(20)18(24)23-19-22-15-8-7-14(9-16(15)26-19)25-10-12-3-5-13(21)6-4-12/h3-9,11,17H,10H2,1-2H3,(H,22,23,24). The number of fused-ring (bicyclic) bond motifs is 1. The molecule has 7 heteroatoms. The molecule has 1 heterocycles. The Labute approximate surface area is 163 Å². The highest BCUT2D eigenvalue weighted by molar-refractivity contribution is 9.10. The van der Waals surface area contributed by atoms with Crippen molar-refractivity contribution in [2.75, 3.05) is 5.32 Å². The molecule has 0 bridgehead atoms. The second-order valence-electron chi connectivity index (χ2n) is 6.20. The van der Waals surface area contributed by atoms with Crippen molar-refractivity contribution in [1.82, 2.24) is 4.98 Å². The second kappa shape index (κ2) is 8.14. The van der Waals surface area contributed by atoms with Crippen LogP contribution in [0, 0.1) is 11.7 Å². The van der Waals surface area contributed by atoms with E-state index in [2.05, 4.69) is 26.2 Å². The maximum atomic E-state index is 12.9. The number of carbonyl (C=O) groups excluding carboxylic acids is 1. The van der Waals surface area contributed by atoms with Crippen molar-refractivity contribution in [2.45, 2.75) is 25.3 Å². The summed E-state index contributed by atoms with van der Waals surface area (Å²) in [7, 11) is 0. The third kappa shape index (κ3) is 4.59. The molecule has 1 N–H and O–H groups in total. The fraction of sp³-hybridized carbons (Fsp3) is 0.263. The highest BCUT2D eigenvalue weighted by Gasteiger charge is 2.19. The van der Waals surface area contributed by atoms with Gasteiger partial charge in [0.1, 0.15) is 18.2 Å². The summed E-state index contributed by atoms with van der Waals surface area (Å²) < 4.78 is 19.6. The fourth-order valence-corrected chi connectivity index (χ4v) is 3.28. The summed E-state index contributed by atoms with van der Waals surface area (Å²) in [6.45, 7) is 4.30. The summed E-state index contributed by atoms with van der Waals surface area (Å²) in [5, 5.41) is 3.40. The smallest absolute Gasteiger partial charge is 0.240 e. The zero-order chi connectivity index (χ0) is 18.7. The van der Waals surface area contributed by atoms with Crippen molar-refractivity contribution in [3.05, 3.63) is 53.8 Å². The van der Waals surface area contributed by atoms with Crippen molar-refractivity contribution in [2.24, 2.45) is 5.92 Å². The van der Waals surface area contributed by atoms with Gasteiger partial charge in [-0.25, -0.2) is 9.37 Å². The van der Waals surface area contributed by atoms with Crippen LogP contribution in [0.3, 0.4) is 0 Å². The molecule has 0 aliphatic rings. The number of alkyl halides is 1. The Kier molecular flexibility index (Phi) is 5.88. The highest BCUT2D eigenvalue weighted by Crippen LogP contribution is 2.30. The average Bonchev–Trinajstić information content (AvgIpc) is 3.01. The van der Waals surface area contributed by atoms with E-state index in [1.165, 1.54) is 23.5 Å². The monoisotopic (exact) mass is 436 g/mol. The molecule has 1 amide bonds. The predicted molar refractivity (Wildman–Crippen MR) is 107 cm³/mol. The number of amides is 1. The van der Waals surface area contributed by atoms with E-state index in [0.717, 1.165) is 15.8 Å². The molecule has 3 aromatic rings. The van der Waals surface area contributed by atoms with Gasteiger partial charge in [-0.05, 0) is 41.8 Å². The molecule has 136 valence electrons. The lowest BCUT2D eigenvalue weighted by Gasteiger charge is -2.11. The molecular formula is C19H18BrFN2O2S. The van der Waals surface area contributed by atoms with E-state index < -0.39 is 0 Å². The molecule has 0 aliphatic carbocycles. The van der Waals surface area contributed by atoms with Crippen molar-refractivity contribution in [3.63, 3.8) is 0 Å². The summed E-state index contributed by atoms with van der Waals surface area (Å²) in [4.78, 5) is 16.3. The van der Waals surface area contributed by atoms with Crippen molar-refractivity contribution >= 4 is 48.5 Å². The van der Waals surface area contributed by atoms with E-state index in [9.17, 15) is 9.18 Å². The zero-order valence-corrected chi connectivity index (χ0v) is 16.7. The lowest BCUT2D eigenvalue weighted by molar-refractivity contribution is -0.116. The first-order valence-corrected chi connectivity index (χ1v) is 9.88. The van der Waals surface area contributed by atoms with Gasteiger partial charge in [-0.3, -0.25) is 4.79 Å². The van der Waals surface area contributed by atoms with Crippen LogP contribution in [0.1, 0.15) is 19.4 Å². The number of hydrogen-bond acceptors (Lipinski definition) is 4. The minimum atomic E-state index is -0.266. The molecule has 0 saturated carbocycles. The van der Waals surface area contributed by atoms with E-state index in [0.29, 0.717) is 17.5 Å². The topological polar surface area (TPSA) is 51.2 Å². The van der Waals surface area contributed by atoms with Crippen LogP contribution in [0.15, 0.2) is 42.5 Å². The number of nitrogens with zero attached hydrogens (tertiary/aromatic N) is 1. The number of benzene rings is 2. The van der Waals surface area contributed by atoms with Gasteiger partial charge in [0.2, 0.25) is 5.91 Å². The van der Waals surface area contributed by atoms with Crippen LogP contribution in [0.4, 0.5) is 9.52 Å². The summed E-state index contributed by atoms with van der Waals surface area (Å²) in [5.41, 5.74) is 1.69. The molecule has 0 spiro atoms. The van der Waals surface area contributed by atoms with Crippen LogP contribution in [0.25, 0.3) is 10.2 Å². The van der Waals surface area contributed by atoms with Crippen LogP contribution in [-0.2, 0) is 11.4 Å². The fourth-order valence-electron chi connectivity index (χ4n) is 2.27. The number of ether oxygens (including phenoxy) is 1. The van der Waals surface area contributed by atoms with Gasteiger partial charge in [-0.2, -0.15) is 0 Å². The highest BCUT2D eigenvalue weighted by atomic mass is 79.9. The largest absolute Gasteiger partial charge is 0.489 e. The Balaban J connectivity index is 1.69. The van der Waals surface area contributed by atoms with Crippen LogP contribution in [-0.4, -0.2) is 15.7 Å². The van der Waals surface area contributed by atoms with E-state index in [1.54, 1.807) is 12.1 Å². The van der Waals surface area contributed by atoms with Crippen molar-refractivity contribution in [3.8, 4) is 5.75 Å². The van der Waals surface area contributed by atoms with E-state index in [-0.39, 0.29) is 22.5 Å². The molecule has 1 atom stereocenters. The predicted octanol–water partition coefficient (Wildman–Crippen LogP) is 5.37. The summed E-state index contributed by atoms with van der Waals surface area (Å²) in [5.74, 6) is 0.518. The van der Waals surface area contributed by atoms with E-state index in [1.807, 2.05) is 32.0 Å². The van der Waals surface area contributed by atoms with Crippen molar-refractivity contribution in [1.29, 1.82) is 0 Å². The second-order valence-corrected chi connectivity index (χ2v) is 8.22. The molecule has 2 aromatic carbocycles. The molecule has 1 unspecified atom stereocenters. The van der Waals surface area contributed by atoms with Gasteiger partial charge >= 0.3 is 0 Å². The van der Waals surface area contributed by atoms with E-state index >= 15 is 0 Å². The number of hydrogen-bond donors (Lipinski definition) is 1. The number of nitrogens with one attached hydrogen (secondary N) is 1. The third-order valence-corrected chi connectivity index (χ3v) is 6.15. The number of halogens is 2. The Hall–Kier alpha value is -1.99. The number of rotatable bonds is 6. The number of thiazole rings is 1. The van der Waals surface area contributed by atoms with Gasteiger partial charge in [0, 0.05) is 0 Å². The maximum absolute atomic E-state index is 12.9. The first-order valence-electron chi connectivity index (χ1n) is 8.15. The van der Waals surface area contributed by atoms with Gasteiger partial charge in [-0.15, -0.1) is 0 Å². The Morgan fingerprint density at radius 2 is 2.00 bits per heavy atom. The molecule has 1 aromatic heterocycles. The summed E-state index contributed by atoms with van der Waals surface area (Å²) in [6.07, 6.45) is 0. The molecule has 0 fully saturated rings. The molecule has 4 nitrogen and oxygen atoms in total. The molecule has 3 rings (SSSR count). The normalized spacial score (nSPS) is 12.3. The Bertz CT molecular complexity index is 912. The SMILES string of the molecule is CC(C)C(Br)C(=O)Nc1nc2ccc(OCc3ccc(F)cc3)cc2s1. The Morgan fingerprint density at radius 3 is 2.69 bits per heavy atom. The van der Waals surface area contributed by atoms with Gasteiger partial charge in [-0.1, -0.05) is 53.2 Å². The first-order chi connectivity index (χ1) is 12.4. The zero-order valence-electron chi connectivity index (χ0n) is 14.3. The van der Waals surface area contributed by atoms with E-state index in [4.69, 9.17) is 4.74 Å². The maximum Gasteiger partial charge on any atom is 0.240 e. The molecular weight excluding hydrogens is 419 g/mol. The van der Waals surface area contributed by atoms with Crippen LogP contribution < -0.4 is 10.1 Å². The molecule has 0 radical (unpaired) electrons.